The van der Waals surface area contributed by atoms with Gasteiger partial charge in [0.05, 0.1) is 33.6 Å². The summed E-state index contributed by atoms with van der Waals surface area (Å²) in [5.74, 6) is -2.44. The monoisotopic (exact) mass is 1310 g/mol. The lowest BCUT2D eigenvalue weighted by Crippen LogP contribution is -2.44. The number of benzene rings is 4. The molecule has 3 atom stereocenters. The summed E-state index contributed by atoms with van der Waals surface area (Å²) in [7, 11) is -2.68. The van der Waals surface area contributed by atoms with E-state index in [1.54, 1.807) is 32.9 Å². The Morgan fingerprint density at radius 3 is 1.36 bits per heavy atom. The van der Waals surface area contributed by atoms with Gasteiger partial charge in [0, 0.05) is 16.6 Å². The fraction of sp³-hybridized carbons (Fsp3) is 0.500. The number of hydrogen-bond acceptors (Lipinski definition) is 17. The number of esters is 5. The van der Waals surface area contributed by atoms with Crippen LogP contribution >= 0.6 is 31.9 Å². The van der Waals surface area contributed by atoms with Crippen LogP contribution in [0.3, 0.4) is 0 Å². The molecule has 0 bridgehead atoms. The van der Waals surface area contributed by atoms with Crippen LogP contribution in [-0.2, 0) is 79.8 Å². The molecule has 0 spiro atoms. The van der Waals surface area contributed by atoms with Gasteiger partial charge in [-0.15, -0.1) is 0 Å². The molecule has 1 aliphatic heterocycles. The smallest absolute Gasteiger partial charge is 0.465 e. The molecule has 0 saturated carbocycles. The summed E-state index contributed by atoms with van der Waals surface area (Å²) in [5, 5.41) is 11.5. The Kier molecular flexibility index (Phi) is 28.4. The molecular formula is C62H84Br2O17Si2. The number of carbonyl (C=O) groups is 7. The molecule has 4 aromatic rings. The highest BCUT2D eigenvalue weighted by Gasteiger charge is 2.42. The van der Waals surface area contributed by atoms with Crippen molar-refractivity contribution < 1.29 is 81.3 Å². The highest BCUT2D eigenvalue weighted by molar-refractivity contribution is 9.09. The SMILES string of the molecule is CC(=O)OCC(C)(COC(=O)OCCOC(=O)C(C)(C)CC(Br)c1ccc([Si](C)(C)C)cc1)C(=O)OCc1ccccc1.CC(C)(CC(Br)c1ccc([Si](C)(C)C)cc1)C(=O)OCCO.CC1(C(=O)OCc2ccccc2)COC(=O)OC1. The average Bonchev–Trinajstić information content (AvgIpc) is 3.62. The molecule has 83 heavy (non-hydrogen) atoms. The summed E-state index contributed by atoms with van der Waals surface area (Å²) < 4.78 is 45.5. The van der Waals surface area contributed by atoms with E-state index in [9.17, 15) is 33.6 Å². The van der Waals surface area contributed by atoms with Crippen molar-refractivity contribution in [1.29, 1.82) is 0 Å². The fourth-order valence-electron chi connectivity index (χ4n) is 7.58. The number of carbonyl (C=O) groups excluding carboxylic acids is 7. The Balaban J connectivity index is 0.000000373. The van der Waals surface area contributed by atoms with E-state index in [1.165, 1.54) is 29.8 Å². The summed E-state index contributed by atoms with van der Waals surface area (Å²) in [5.41, 5.74) is 0.143. The van der Waals surface area contributed by atoms with Gasteiger partial charge in [0.2, 0.25) is 0 Å². The lowest BCUT2D eigenvalue weighted by molar-refractivity contribution is -0.168. The van der Waals surface area contributed by atoms with Crippen molar-refractivity contribution in [3.8, 4) is 0 Å². The van der Waals surface area contributed by atoms with Gasteiger partial charge < -0.3 is 47.7 Å². The molecule has 0 radical (unpaired) electrons. The molecule has 456 valence electrons. The predicted octanol–water partition coefficient (Wildman–Crippen LogP) is 11.6. The Bertz CT molecular complexity index is 2700. The van der Waals surface area contributed by atoms with Crippen LogP contribution in [0.5, 0.6) is 0 Å². The van der Waals surface area contributed by atoms with Crippen LogP contribution in [0, 0.1) is 21.7 Å². The van der Waals surface area contributed by atoms with Crippen molar-refractivity contribution in [1.82, 2.24) is 0 Å². The van der Waals surface area contributed by atoms with E-state index in [0.717, 1.165) is 16.7 Å². The largest absolute Gasteiger partial charge is 0.508 e. The highest BCUT2D eigenvalue weighted by Crippen LogP contribution is 2.38. The molecule has 3 unspecified atom stereocenters. The molecule has 0 amide bonds. The maximum absolute atomic E-state index is 12.8. The van der Waals surface area contributed by atoms with Crippen molar-refractivity contribution in [2.75, 3.05) is 52.9 Å². The van der Waals surface area contributed by atoms with Gasteiger partial charge in [-0.3, -0.25) is 24.0 Å². The second kappa shape index (κ2) is 33.0. The van der Waals surface area contributed by atoms with Crippen molar-refractivity contribution in [3.63, 3.8) is 0 Å². The molecule has 1 fully saturated rings. The number of aliphatic hydroxyl groups is 1. The van der Waals surface area contributed by atoms with E-state index >= 15 is 0 Å². The predicted molar refractivity (Wildman–Crippen MR) is 328 cm³/mol. The Labute approximate surface area is 508 Å². The van der Waals surface area contributed by atoms with Gasteiger partial charge in [-0.1, -0.05) is 191 Å². The maximum Gasteiger partial charge on any atom is 0.508 e. The number of aliphatic hydroxyl groups excluding tert-OH is 1. The molecule has 0 aliphatic carbocycles. The summed E-state index contributed by atoms with van der Waals surface area (Å²) >= 11 is 7.39. The van der Waals surface area contributed by atoms with Gasteiger partial charge in [0.1, 0.15) is 70.3 Å². The first kappa shape index (κ1) is 71.4. The quantitative estimate of drug-likeness (QED) is 0.0214. The van der Waals surface area contributed by atoms with Crippen LogP contribution in [0.15, 0.2) is 109 Å². The summed E-state index contributed by atoms with van der Waals surface area (Å²) in [6, 6.07) is 35.6. The standard InChI is InChI=1S/C32H43BrO9Si.C17H27BrO3Si.C13H14O5/c1-23(34)41-21-32(4,29(36)40-20-24-11-9-8-10-12-24)22-42-30(37)39-18-17-38-28(35)31(2,3)19-27(33)25-13-15-26(16-14-25)43(5,6)7;1-17(2,16(20)21-11-10-19)12-15(18)13-6-8-14(9-7-13)22(3,4)5;1-13(8-17-12(15)18-9-13)11(14)16-7-10-5-3-2-4-6-10/h8-16,27H,17-22H2,1-7H3;6-9,15,19H,10-12H2,1-5H3;2-6H,7-9H2,1H3. The van der Waals surface area contributed by atoms with Crippen LogP contribution in [0.1, 0.15) is 93.2 Å². The van der Waals surface area contributed by atoms with E-state index < -0.39 is 80.6 Å². The lowest BCUT2D eigenvalue weighted by Gasteiger charge is -2.29. The lowest BCUT2D eigenvalue weighted by atomic mass is 9.86. The van der Waals surface area contributed by atoms with E-state index in [-0.39, 0.29) is 75.1 Å². The zero-order valence-corrected chi connectivity index (χ0v) is 55.4. The number of cyclic esters (lactones) is 2. The third kappa shape index (κ3) is 25.1. The maximum atomic E-state index is 12.8. The fourth-order valence-corrected chi connectivity index (χ4v) is 12.1. The molecule has 1 aliphatic rings. The Morgan fingerprint density at radius 2 is 0.952 bits per heavy atom. The molecule has 1 heterocycles. The molecule has 1 saturated heterocycles. The molecule has 0 aromatic heterocycles. The van der Waals surface area contributed by atoms with Crippen LogP contribution in [0.4, 0.5) is 9.59 Å². The van der Waals surface area contributed by atoms with E-state index in [1.807, 2.05) is 62.4 Å². The minimum absolute atomic E-state index is 0.00219. The first-order valence-corrected chi connectivity index (χ1v) is 36.1. The second-order valence-corrected chi connectivity index (χ2v) is 36.5. The van der Waals surface area contributed by atoms with Gasteiger partial charge in [-0.2, -0.15) is 0 Å². The average molecular weight is 1320 g/mol. The van der Waals surface area contributed by atoms with Crippen LogP contribution in [0.25, 0.3) is 0 Å². The van der Waals surface area contributed by atoms with Crippen LogP contribution in [-0.4, -0.2) is 116 Å². The number of alkyl halides is 2. The summed E-state index contributed by atoms with van der Waals surface area (Å²) in [6.07, 6.45) is -0.669. The van der Waals surface area contributed by atoms with Crippen molar-refractivity contribution in [3.05, 3.63) is 131 Å². The second-order valence-electron chi connectivity index (χ2n) is 24.1. The zero-order chi connectivity index (χ0) is 62.2. The van der Waals surface area contributed by atoms with E-state index in [0.29, 0.717) is 12.8 Å². The molecule has 21 heteroatoms. The third-order valence-electron chi connectivity index (χ3n) is 13.2. The molecule has 17 nitrogen and oxygen atoms in total. The molecular weight excluding hydrogens is 1230 g/mol. The molecule has 1 N–H and O–H groups in total. The summed E-state index contributed by atoms with van der Waals surface area (Å²) in [6.45, 7) is 24.4. The van der Waals surface area contributed by atoms with Gasteiger partial charge in [0.15, 0.2) is 0 Å². The highest BCUT2D eigenvalue weighted by atomic mass is 79.9. The van der Waals surface area contributed by atoms with Gasteiger partial charge in [0.25, 0.3) is 0 Å². The first-order chi connectivity index (χ1) is 38.7. The minimum Gasteiger partial charge on any atom is -0.465 e. The Morgan fingerprint density at radius 1 is 0.554 bits per heavy atom. The van der Waals surface area contributed by atoms with Crippen molar-refractivity contribution in [2.24, 2.45) is 21.7 Å². The topological polar surface area (TPSA) is 223 Å². The number of rotatable bonds is 25. The molecule has 5 rings (SSSR count). The Hall–Kier alpha value is -5.88. The minimum atomic E-state index is -1.46. The van der Waals surface area contributed by atoms with Gasteiger partial charge in [-0.25, -0.2) is 9.59 Å². The van der Waals surface area contributed by atoms with Crippen molar-refractivity contribution in [2.45, 2.75) is 123 Å². The van der Waals surface area contributed by atoms with E-state index in [4.69, 9.17) is 47.7 Å². The van der Waals surface area contributed by atoms with Crippen molar-refractivity contribution >= 4 is 101 Å². The van der Waals surface area contributed by atoms with Crippen LogP contribution in [0.2, 0.25) is 39.3 Å². The van der Waals surface area contributed by atoms with E-state index in [2.05, 4.69) is 120 Å². The number of ether oxygens (including phenoxy) is 9. The van der Waals surface area contributed by atoms with Crippen LogP contribution < -0.4 is 10.4 Å². The first-order valence-electron chi connectivity index (χ1n) is 27.3. The van der Waals surface area contributed by atoms with Gasteiger partial charge in [-0.05, 0) is 76.6 Å². The number of hydrogen-bond donors (Lipinski definition) is 1. The van der Waals surface area contributed by atoms with Gasteiger partial charge >= 0.3 is 42.2 Å². The zero-order valence-electron chi connectivity index (χ0n) is 50.3. The summed E-state index contributed by atoms with van der Waals surface area (Å²) in [4.78, 5) is 83.9. The normalized spacial score (nSPS) is 14.5. The molecule has 4 aromatic carbocycles. The number of halogens is 2. The third-order valence-corrected chi connectivity index (χ3v) is 19.0.